The van der Waals surface area contributed by atoms with Gasteiger partial charge in [-0.1, -0.05) is 13.2 Å². The van der Waals surface area contributed by atoms with Gasteiger partial charge in [0, 0.05) is 0 Å². The van der Waals surface area contributed by atoms with Crippen molar-refractivity contribution in [3.8, 4) is 0 Å². The van der Waals surface area contributed by atoms with Gasteiger partial charge in [-0.3, -0.25) is 9.59 Å². The van der Waals surface area contributed by atoms with Gasteiger partial charge in [0.1, 0.15) is 0 Å². The van der Waals surface area contributed by atoms with Crippen LogP contribution in [0.3, 0.4) is 0 Å². The number of ether oxygens (including phenoxy) is 3. The first kappa shape index (κ1) is 21.6. The highest BCUT2D eigenvalue weighted by Crippen LogP contribution is 2.17. The minimum atomic E-state index is -2.30. The maximum absolute atomic E-state index is 12.0. The molecule has 0 bridgehead atoms. The fraction of sp³-hybridized carbons (Fsp3) is 0.625. The molecule has 23 heavy (non-hydrogen) atoms. The number of ketones is 2. The van der Waals surface area contributed by atoms with Crippen LogP contribution in [0.4, 0.5) is 0 Å². The summed E-state index contributed by atoms with van der Waals surface area (Å²) in [6, 6.07) is 0. The second kappa shape index (κ2) is 11.2. The van der Waals surface area contributed by atoms with Crippen molar-refractivity contribution in [3.05, 3.63) is 24.3 Å². The molecule has 7 nitrogen and oxygen atoms in total. The Bertz CT molecular complexity index is 402. The number of carbonyl (C=O) groups is 2. The number of hydrogen-bond acceptors (Lipinski definition) is 7. The molecule has 0 saturated carbocycles. The number of hydrogen-bond donors (Lipinski definition) is 2. The van der Waals surface area contributed by atoms with Gasteiger partial charge < -0.3 is 24.4 Å². The Morgan fingerprint density at radius 3 is 1.65 bits per heavy atom. The molecule has 0 aliphatic heterocycles. The third kappa shape index (κ3) is 7.62. The van der Waals surface area contributed by atoms with Gasteiger partial charge in [0.25, 0.3) is 0 Å². The lowest BCUT2D eigenvalue weighted by Gasteiger charge is -2.25. The number of rotatable bonds is 14. The van der Waals surface area contributed by atoms with Crippen LogP contribution in [0.25, 0.3) is 0 Å². The monoisotopic (exact) mass is 330 g/mol. The molecule has 7 heteroatoms. The second-order valence-corrected chi connectivity index (χ2v) is 5.08. The Labute approximate surface area is 136 Å². The summed E-state index contributed by atoms with van der Waals surface area (Å²) in [6.07, 6.45) is 0. The number of Topliss-reactive ketones (excluding diaryl/α,β-unsaturated/α-hetero) is 2. The van der Waals surface area contributed by atoms with Crippen LogP contribution in [0.1, 0.15) is 13.8 Å². The maximum Gasteiger partial charge on any atom is 0.213 e. The summed E-state index contributed by atoms with van der Waals surface area (Å²) in [4.78, 5) is 24.0. The second-order valence-electron chi connectivity index (χ2n) is 5.08. The summed E-state index contributed by atoms with van der Waals surface area (Å²) in [5.41, 5.74) is -2.19. The van der Waals surface area contributed by atoms with E-state index < -0.39 is 23.8 Å². The van der Waals surface area contributed by atoms with E-state index in [9.17, 15) is 14.7 Å². The van der Waals surface area contributed by atoms with Crippen molar-refractivity contribution in [1.82, 2.24) is 0 Å². The van der Waals surface area contributed by atoms with Gasteiger partial charge in [-0.2, -0.15) is 0 Å². The summed E-state index contributed by atoms with van der Waals surface area (Å²) < 4.78 is 15.4. The highest BCUT2D eigenvalue weighted by atomic mass is 16.5. The fourth-order valence-corrected chi connectivity index (χ4v) is 1.66. The molecule has 0 amide bonds. The molecule has 0 aromatic carbocycles. The standard InChI is InChI=1S/C16H26O7/c1-12(2)14(18)16(20,15(19)13(3)4)11-23-10-9-22-8-7-21-6-5-17/h17,20H,1,3,5-11H2,2,4H3. The molecule has 0 fully saturated rings. The predicted molar refractivity (Wildman–Crippen MR) is 84.1 cm³/mol. The molecule has 2 N–H and O–H groups in total. The van der Waals surface area contributed by atoms with Crippen LogP contribution in [0.2, 0.25) is 0 Å². The third-order valence-electron chi connectivity index (χ3n) is 2.82. The van der Waals surface area contributed by atoms with Crippen LogP contribution >= 0.6 is 0 Å². The Hall–Kier alpha value is -1.38. The zero-order chi connectivity index (χ0) is 17.9. The van der Waals surface area contributed by atoms with Gasteiger partial charge in [-0.05, 0) is 25.0 Å². The minimum absolute atomic E-state index is 0.0464. The molecule has 0 radical (unpaired) electrons. The van der Waals surface area contributed by atoms with Gasteiger partial charge in [0.05, 0.1) is 46.2 Å². The molecule has 132 valence electrons. The van der Waals surface area contributed by atoms with Gasteiger partial charge >= 0.3 is 0 Å². The summed E-state index contributed by atoms with van der Waals surface area (Å²) in [6.45, 7) is 10.4. The van der Waals surface area contributed by atoms with Crippen molar-refractivity contribution in [3.63, 3.8) is 0 Å². The van der Waals surface area contributed by atoms with Crippen LogP contribution in [-0.4, -0.2) is 73.6 Å². The van der Waals surface area contributed by atoms with Crippen LogP contribution in [0.15, 0.2) is 24.3 Å². The highest BCUT2D eigenvalue weighted by molar-refractivity contribution is 6.21. The Morgan fingerprint density at radius 1 is 0.870 bits per heavy atom. The lowest BCUT2D eigenvalue weighted by atomic mass is 9.87. The smallest absolute Gasteiger partial charge is 0.213 e. The van der Waals surface area contributed by atoms with Gasteiger partial charge in [0.2, 0.25) is 5.60 Å². The van der Waals surface area contributed by atoms with Crippen molar-refractivity contribution in [2.75, 3.05) is 46.2 Å². The molecule has 0 unspecified atom stereocenters. The average Bonchev–Trinajstić information content (AvgIpc) is 2.51. The Balaban J connectivity index is 4.27. The lowest BCUT2D eigenvalue weighted by Crippen LogP contribution is -2.51. The zero-order valence-corrected chi connectivity index (χ0v) is 13.8. The molecule has 0 aliphatic carbocycles. The molecule has 0 aliphatic rings. The Morgan fingerprint density at radius 2 is 1.26 bits per heavy atom. The molecule has 0 rings (SSSR count). The van der Waals surface area contributed by atoms with E-state index in [-0.39, 0.29) is 37.6 Å². The molecule has 0 aromatic rings. The summed E-state index contributed by atoms with van der Waals surface area (Å²) in [5.74, 6) is -1.58. The third-order valence-corrected chi connectivity index (χ3v) is 2.82. The zero-order valence-electron chi connectivity index (χ0n) is 13.8. The Kier molecular flexibility index (Phi) is 10.5. The van der Waals surface area contributed by atoms with Crippen LogP contribution in [0.5, 0.6) is 0 Å². The van der Waals surface area contributed by atoms with E-state index >= 15 is 0 Å². The number of aliphatic hydroxyl groups is 2. The summed E-state index contributed by atoms with van der Waals surface area (Å²) in [5, 5.41) is 18.9. The quantitative estimate of drug-likeness (QED) is 0.263. The lowest BCUT2D eigenvalue weighted by molar-refractivity contribution is -0.153. The largest absolute Gasteiger partial charge is 0.394 e. The van der Waals surface area contributed by atoms with Gasteiger partial charge in [-0.25, -0.2) is 0 Å². The highest BCUT2D eigenvalue weighted by Gasteiger charge is 2.44. The van der Waals surface area contributed by atoms with E-state index in [0.29, 0.717) is 13.2 Å². The molecule has 0 atom stereocenters. The van der Waals surface area contributed by atoms with Crippen molar-refractivity contribution in [2.24, 2.45) is 0 Å². The molecule has 0 heterocycles. The first-order valence-electron chi connectivity index (χ1n) is 7.24. The molecule has 0 spiro atoms. The fourth-order valence-electron chi connectivity index (χ4n) is 1.66. The van der Waals surface area contributed by atoms with Crippen molar-refractivity contribution in [2.45, 2.75) is 19.4 Å². The number of carbonyl (C=O) groups excluding carboxylic acids is 2. The predicted octanol–water partition coefficient (Wildman–Crippen LogP) is 0.0500. The minimum Gasteiger partial charge on any atom is -0.394 e. The summed E-state index contributed by atoms with van der Waals surface area (Å²) in [7, 11) is 0. The molecule has 0 saturated heterocycles. The van der Waals surface area contributed by atoms with Gasteiger partial charge in [-0.15, -0.1) is 0 Å². The molecule has 0 aromatic heterocycles. The van der Waals surface area contributed by atoms with E-state index in [1.54, 1.807) is 0 Å². The first-order valence-corrected chi connectivity index (χ1v) is 7.24. The van der Waals surface area contributed by atoms with Crippen molar-refractivity contribution in [1.29, 1.82) is 0 Å². The van der Waals surface area contributed by atoms with Crippen molar-refractivity contribution < 1.29 is 34.0 Å². The van der Waals surface area contributed by atoms with E-state index in [1.165, 1.54) is 13.8 Å². The van der Waals surface area contributed by atoms with Crippen LogP contribution in [-0.2, 0) is 23.8 Å². The van der Waals surface area contributed by atoms with Crippen molar-refractivity contribution >= 4 is 11.6 Å². The molecular formula is C16H26O7. The molecular weight excluding hydrogens is 304 g/mol. The van der Waals surface area contributed by atoms with E-state index in [4.69, 9.17) is 19.3 Å². The van der Waals surface area contributed by atoms with Crippen LogP contribution < -0.4 is 0 Å². The maximum atomic E-state index is 12.0. The van der Waals surface area contributed by atoms with E-state index in [2.05, 4.69) is 13.2 Å². The van der Waals surface area contributed by atoms with Gasteiger partial charge in [0.15, 0.2) is 11.6 Å². The first-order chi connectivity index (χ1) is 10.8. The normalized spacial score (nSPS) is 11.3. The average molecular weight is 330 g/mol. The van der Waals surface area contributed by atoms with Crippen LogP contribution in [0, 0.1) is 0 Å². The topological polar surface area (TPSA) is 102 Å². The summed E-state index contributed by atoms with van der Waals surface area (Å²) >= 11 is 0. The number of aliphatic hydroxyl groups excluding tert-OH is 1. The SMILES string of the molecule is C=C(C)C(=O)C(O)(COCCOCCOCCO)C(=O)C(=C)C. The van der Waals surface area contributed by atoms with E-state index in [0.717, 1.165) is 0 Å². The van der Waals surface area contributed by atoms with E-state index in [1.807, 2.05) is 0 Å².